The number of ether oxygens (including phenoxy) is 1. The van der Waals surface area contributed by atoms with E-state index in [0.29, 0.717) is 30.6 Å². The summed E-state index contributed by atoms with van der Waals surface area (Å²) < 4.78 is 5.58. The quantitative estimate of drug-likeness (QED) is 0.794. The van der Waals surface area contributed by atoms with Crippen molar-refractivity contribution in [2.75, 3.05) is 31.6 Å². The molecule has 0 aliphatic carbocycles. The van der Waals surface area contributed by atoms with Crippen molar-refractivity contribution in [2.45, 2.75) is 39.7 Å². The number of rotatable bonds is 7. The lowest BCUT2D eigenvalue weighted by Gasteiger charge is -2.27. The van der Waals surface area contributed by atoms with Crippen LogP contribution < -0.4 is 15.4 Å². The molecule has 1 aliphatic heterocycles. The van der Waals surface area contributed by atoms with Crippen LogP contribution in [-0.4, -0.2) is 49.0 Å². The molecule has 2 atom stereocenters. The first-order chi connectivity index (χ1) is 12.0. The average Bonchev–Trinajstić information content (AvgIpc) is 2.61. The van der Waals surface area contributed by atoms with E-state index in [0.717, 1.165) is 19.4 Å². The lowest BCUT2D eigenvalue weighted by molar-refractivity contribution is -0.133. The maximum Gasteiger partial charge on any atom is 0.260 e. The Morgan fingerprint density at radius 3 is 2.76 bits per heavy atom. The smallest absolute Gasteiger partial charge is 0.260 e. The molecule has 0 aromatic heterocycles. The van der Waals surface area contributed by atoms with Gasteiger partial charge in [0.15, 0.2) is 6.61 Å². The Morgan fingerprint density at radius 2 is 2.08 bits per heavy atom. The minimum absolute atomic E-state index is 0.00485. The molecule has 1 aromatic rings. The maximum absolute atomic E-state index is 12.4. The molecule has 1 saturated heterocycles. The highest BCUT2D eigenvalue weighted by atomic mass is 16.5. The van der Waals surface area contributed by atoms with Crippen LogP contribution in [0.3, 0.4) is 0 Å². The summed E-state index contributed by atoms with van der Waals surface area (Å²) >= 11 is 0. The first-order valence-electron chi connectivity index (χ1n) is 9.08. The zero-order valence-electron chi connectivity index (χ0n) is 15.4. The molecule has 6 heteroatoms. The van der Waals surface area contributed by atoms with Crippen LogP contribution in [0.1, 0.15) is 33.6 Å². The van der Waals surface area contributed by atoms with Gasteiger partial charge < -0.3 is 20.3 Å². The van der Waals surface area contributed by atoms with Crippen LogP contribution in [0.15, 0.2) is 24.3 Å². The van der Waals surface area contributed by atoms with Gasteiger partial charge in [0.2, 0.25) is 5.91 Å². The highest BCUT2D eigenvalue weighted by Gasteiger charge is 2.24. The molecular weight excluding hydrogens is 318 g/mol. The van der Waals surface area contributed by atoms with Crippen LogP contribution in [0.4, 0.5) is 5.69 Å². The summed E-state index contributed by atoms with van der Waals surface area (Å²) in [5.41, 5.74) is 0.698. The molecule has 1 heterocycles. The van der Waals surface area contributed by atoms with E-state index in [1.54, 1.807) is 17.0 Å². The predicted molar refractivity (Wildman–Crippen MR) is 98.7 cm³/mol. The van der Waals surface area contributed by atoms with Gasteiger partial charge in [0, 0.05) is 36.8 Å². The summed E-state index contributed by atoms with van der Waals surface area (Å²) in [6.07, 6.45) is 1.70. The van der Waals surface area contributed by atoms with E-state index in [4.69, 9.17) is 4.74 Å². The van der Waals surface area contributed by atoms with Gasteiger partial charge >= 0.3 is 0 Å². The summed E-state index contributed by atoms with van der Waals surface area (Å²) in [7, 11) is 0. The normalized spacial score (nSPS) is 20.0. The second-order valence-corrected chi connectivity index (χ2v) is 6.45. The lowest BCUT2D eigenvalue weighted by Crippen LogP contribution is -2.40. The summed E-state index contributed by atoms with van der Waals surface area (Å²) in [6, 6.07) is 7.57. The maximum atomic E-state index is 12.4. The van der Waals surface area contributed by atoms with Gasteiger partial charge in [0.1, 0.15) is 5.75 Å². The van der Waals surface area contributed by atoms with Crippen LogP contribution >= 0.6 is 0 Å². The van der Waals surface area contributed by atoms with Gasteiger partial charge in [-0.3, -0.25) is 9.59 Å². The first kappa shape index (κ1) is 19.2. The summed E-state index contributed by atoms with van der Waals surface area (Å²) in [5.74, 6) is 0.620. The molecule has 2 rings (SSSR count). The molecule has 6 nitrogen and oxygen atoms in total. The zero-order chi connectivity index (χ0) is 18.2. The Bertz CT molecular complexity index is 587. The number of carbonyl (C=O) groups excluding carboxylic acids is 2. The number of hydrogen-bond donors (Lipinski definition) is 2. The predicted octanol–water partition coefficient (Wildman–Crippen LogP) is 2.26. The second kappa shape index (κ2) is 9.42. The van der Waals surface area contributed by atoms with Gasteiger partial charge in [-0.15, -0.1) is 0 Å². The monoisotopic (exact) mass is 347 g/mol. The van der Waals surface area contributed by atoms with E-state index in [-0.39, 0.29) is 24.3 Å². The number of anilines is 1. The SMILES string of the molecule is CCN(CC)C(=O)COc1cccc(NC(=O)[C@H]2CCN[C@@H](C)C2)c1. The van der Waals surface area contributed by atoms with Crippen molar-refractivity contribution in [1.82, 2.24) is 10.2 Å². The van der Waals surface area contributed by atoms with Crippen molar-refractivity contribution in [2.24, 2.45) is 5.92 Å². The Hall–Kier alpha value is -2.08. The highest BCUT2D eigenvalue weighted by Crippen LogP contribution is 2.21. The molecule has 25 heavy (non-hydrogen) atoms. The minimum atomic E-state index is -0.0388. The number of hydrogen-bond acceptors (Lipinski definition) is 4. The van der Waals surface area contributed by atoms with Crippen LogP contribution in [0.2, 0.25) is 0 Å². The molecule has 0 unspecified atom stereocenters. The number of nitrogens with zero attached hydrogens (tertiary/aromatic N) is 1. The standard InChI is InChI=1S/C19H29N3O3/c1-4-22(5-2)18(23)13-25-17-8-6-7-16(12-17)21-19(24)15-9-10-20-14(3)11-15/h6-8,12,14-15,20H,4-5,9-11,13H2,1-3H3,(H,21,24)/t14-,15-/m0/s1. The fourth-order valence-electron chi connectivity index (χ4n) is 3.09. The van der Waals surface area contributed by atoms with E-state index < -0.39 is 0 Å². The van der Waals surface area contributed by atoms with Crippen molar-refractivity contribution in [3.05, 3.63) is 24.3 Å². The molecule has 2 amide bonds. The molecule has 0 spiro atoms. The summed E-state index contributed by atoms with van der Waals surface area (Å²) in [6.45, 7) is 8.20. The number of amides is 2. The largest absolute Gasteiger partial charge is 0.484 e. The molecule has 1 aromatic carbocycles. The number of piperidine rings is 1. The topological polar surface area (TPSA) is 70.7 Å². The molecule has 1 aliphatic rings. The van der Waals surface area contributed by atoms with E-state index >= 15 is 0 Å². The molecule has 138 valence electrons. The van der Waals surface area contributed by atoms with Gasteiger partial charge in [-0.1, -0.05) is 6.07 Å². The number of carbonyl (C=O) groups is 2. The van der Waals surface area contributed by atoms with Crippen LogP contribution in [0.25, 0.3) is 0 Å². The summed E-state index contributed by atoms with van der Waals surface area (Å²) in [5, 5.41) is 6.31. The third-order valence-corrected chi connectivity index (χ3v) is 4.57. The molecule has 0 saturated carbocycles. The van der Waals surface area contributed by atoms with Gasteiger partial charge in [-0.05, 0) is 52.3 Å². The van der Waals surface area contributed by atoms with Gasteiger partial charge in [-0.2, -0.15) is 0 Å². The van der Waals surface area contributed by atoms with Crippen LogP contribution in [0.5, 0.6) is 5.75 Å². The molecule has 1 fully saturated rings. The van der Waals surface area contributed by atoms with Gasteiger partial charge in [-0.25, -0.2) is 0 Å². The van der Waals surface area contributed by atoms with Crippen molar-refractivity contribution in [3.8, 4) is 5.75 Å². The van der Waals surface area contributed by atoms with E-state index in [2.05, 4.69) is 17.6 Å². The lowest BCUT2D eigenvalue weighted by atomic mass is 9.92. The third kappa shape index (κ3) is 5.74. The second-order valence-electron chi connectivity index (χ2n) is 6.45. The Balaban J connectivity index is 1.90. The van der Waals surface area contributed by atoms with Crippen molar-refractivity contribution < 1.29 is 14.3 Å². The summed E-state index contributed by atoms with van der Waals surface area (Å²) in [4.78, 5) is 26.1. The first-order valence-corrected chi connectivity index (χ1v) is 9.08. The third-order valence-electron chi connectivity index (χ3n) is 4.57. The highest BCUT2D eigenvalue weighted by molar-refractivity contribution is 5.92. The van der Waals surface area contributed by atoms with Gasteiger partial charge in [0.25, 0.3) is 5.91 Å². The van der Waals surface area contributed by atoms with Gasteiger partial charge in [0.05, 0.1) is 0 Å². The zero-order valence-corrected chi connectivity index (χ0v) is 15.4. The fraction of sp³-hybridized carbons (Fsp3) is 0.579. The molecular formula is C19H29N3O3. The number of likely N-dealkylation sites (N-methyl/N-ethyl adjacent to an activating group) is 1. The Labute approximate surface area is 149 Å². The number of benzene rings is 1. The Kier molecular flexibility index (Phi) is 7.25. The van der Waals surface area contributed by atoms with Crippen molar-refractivity contribution in [1.29, 1.82) is 0 Å². The molecule has 0 bridgehead atoms. The van der Waals surface area contributed by atoms with Crippen LogP contribution in [0, 0.1) is 5.92 Å². The van der Waals surface area contributed by atoms with E-state index in [1.165, 1.54) is 0 Å². The van der Waals surface area contributed by atoms with Crippen LogP contribution in [-0.2, 0) is 9.59 Å². The minimum Gasteiger partial charge on any atom is -0.484 e. The molecule has 0 radical (unpaired) electrons. The average molecular weight is 347 g/mol. The van der Waals surface area contributed by atoms with Crippen molar-refractivity contribution in [3.63, 3.8) is 0 Å². The van der Waals surface area contributed by atoms with Crippen molar-refractivity contribution >= 4 is 17.5 Å². The molecule has 2 N–H and O–H groups in total. The van der Waals surface area contributed by atoms with E-state index in [1.807, 2.05) is 26.0 Å². The fourth-order valence-corrected chi connectivity index (χ4v) is 3.09. The number of nitrogens with one attached hydrogen (secondary N) is 2. The van der Waals surface area contributed by atoms with E-state index in [9.17, 15) is 9.59 Å². The Morgan fingerprint density at radius 1 is 1.32 bits per heavy atom.